The molecular formula is C21H26N2O4. The summed E-state index contributed by atoms with van der Waals surface area (Å²) in [6.45, 7) is 8.35. The first-order chi connectivity index (χ1) is 12.7. The molecule has 0 bridgehead atoms. The lowest BCUT2D eigenvalue weighted by molar-refractivity contribution is -0.123. The van der Waals surface area contributed by atoms with Gasteiger partial charge in [-0.2, -0.15) is 5.10 Å². The first kappa shape index (κ1) is 19.1. The summed E-state index contributed by atoms with van der Waals surface area (Å²) in [5.74, 6) is 0.715. The number of rotatable bonds is 4. The number of carbonyl (C=O) groups excluding carboxylic acids is 1. The molecule has 144 valence electrons. The SMILES string of the molecule is Cc1cc(=O)oc2cc(OCC(=O)N/N=C3/C[C@@H](C)CC(C)(C)C3)ccc12. The third kappa shape index (κ3) is 4.96. The zero-order valence-electron chi connectivity index (χ0n) is 16.3. The summed E-state index contributed by atoms with van der Waals surface area (Å²) in [4.78, 5) is 23.6. The Morgan fingerprint density at radius 3 is 2.89 bits per heavy atom. The van der Waals surface area contributed by atoms with Crippen LogP contribution in [0.3, 0.4) is 0 Å². The number of nitrogens with zero attached hydrogens (tertiary/aromatic N) is 1. The second-order valence-corrected chi connectivity index (χ2v) is 8.26. The van der Waals surface area contributed by atoms with E-state index in [9.17, 15) is 9.59 Å². The highest BCUT2D eigenvalue weighted by atomic mass is 16.5. The van der Waals surface area contributed by atoms with Crippen LogP contribution in [-0.2, 0) is 4.79 Å². The summed E-state index contributed by atoms with van der Waals surface area (Å²) in [7, 11) is 0. The smallest absolute Gasteiger partial charge is 0.336 e. The maximum Gasteiger partial charge on any atom is 0.336 e. The second kappa shape index (κ2) is 7.55. The van der Waals surface area contributed by atoms with Gasteiger partial charge in [-0.05, 0) is 55.2 Å². The summed E-state index contributed by atoms with van der Waals surface area (Å²) >= 11 is 0. The summed E-state index contributed by atoms with van der Waals surface area (Å²) in [6, 6.07) is 6.63. The molecule has 0 aliphatic heterocycles. The van der Waals surface area contributed by atoms with Gasteiger partial charge >= 0.3 is 5.63 Å². The fraction of sp³-hybridized carbons (Fsp3) is 0.476. The Morgan fingerprint density at radius 1 is 1.37 bits per heavy atom. The molecule has 0 saturated heterocycles. The zero-order chi connectivity index (χ0) is 19.6. The van der Waals surface area contributed by atoms with E-state index in [0.29, 0.717) is 17.3 Å². The van der Waals surface area contributed by atoms with Gasteiger partial charge < -0.3 is 9.15 Å². The van der Waals surface area contributed by atoms with Crippen molar-refractivity contribution in [2.75, 3.05) is 6.61 Å². The predicted octanol–water partition coefficient (Wildman–Crippen LogP) is 3.80. The largest absolute Gasteiger partial charge is 0.484 e. The number of nitrogens with one attached hydrogen (secondary N) is 1. The number of amides is 1. The highest BCUT2D eigenvalue weighted by molar-refractivity contribution is 5.88. The van der Waals surface area contributed by atoms with E-state index in [2.05, 4.69) is 31.3 Å². The van der Waals surface area contributed by atoms with Crippen LogP contribution >= 0.6 is 0 Å². The molecule has 1 aromatic heterocycles. The van der Waals surface area contributed by atoms with Gasteiger partial charge in [0.05, 0.1) is 0 Å². The van der Waals surface area contributed by atoms with Crippen LogP contribution in [0.1, 0.15) is 45.6 Å². The molecule has 0 radical (unpaired) electrons. The average molecular weight is 370 g/mol. The molecule has 2 aromatic rings. The highest BCUT2D eigenvalue weighted by Crippen LogP contribution is 2.36. The summed E-state index contributed by atoms with van der Waals surface area (Å²) in [5.41, 5.74) is 4.70. The lowest BCUT2D eigenvalue weighted by Crippen LogP contribution is -2.31. The van der Waals surface area contributed by atoms with Crippen molar-refractivity contribution in [3.8, 4) is 5.75 Å². The van der Waals surface area contributed by atoms with E-state index in [4.69, 9.17) is 9.15 Å². The molecule has 0 unspecified atom stereocenters. The Balaban J connectivity index is 1.60. The minimum absolute atomic E-state index is 0.155. The van der Waals surface area contributed by atoms with Crippen LogP contribution in [0.25, 0.3) is 11.0 Å². The summed E-state index contributed by atoms with van der Waals surface area (Å²) < 4.78 is 10.7. The normalized spacial score (nSPS) is 20.6. The number of fused-ring (bicyclic) bond motifs is 1. The molecule has 6 heteroatoms. The van der Waals surface area contributed by atoms with Gasteiger partial charge in [-0.15, -0.1) is 0 Å². The van der Waals surface area contributed by atoms with E-state index in [1.807, 2.05) is 13.0 Å². The van der Waals surface area contributed by atoms with Gasteiger partial charge in [-0.3, -0.25) is 4.79 Å². The van der Waals surface area contributed by atoms with Crippen LogP contribution in [0.4, 0.5) is 0 Å². The maximum absolute atomic E-state index is 12.1. The fourth-order valence-corrected chi connectivity index (χ4v) is 3.92. The van der Waals surface area contributed by atoms with E-state index in [0.717, 1.165) is 29.5 Å². The molecule has 1 N–H and O–H groups in total. The molecule has 1 aliphatic rings. The topological polar surface area (TPSA) is 80.9 Å². The molecule has 6 nitrogen and oxygen atoms in total. The van der Waals surface area contributed by atoms with Crippen LogP contribution < -0.4 is 15.8 Å². The van der Waals surface area contributed by atoms with Crippen LogP contribution in [0, 0.1) is 18.3 Å². The first-order valence-corrected chi connectivity index (χ1v) is 9.23. The molecule has 1 fully saturated rings. The number of carbonyl (C=O) groups is 1. The Morgan fingerprint density at radius 2 is 2.15 bits per heavy atom. The van der Waals surface area contributed by atoms with Gasteiger partial charge in [0.2, 0.25) is 0 Å². The number of aryl methyl sites for hydroxylation is 1. The van der Waals surface area contributed by atoms with E-state index < -0.39 is 5.63 Å². The van der Waals surface area contributed by atoms with E-state index in [-0.39, 0.29) is 17.9 Å². The number of hydrogen-bond acceptors (Lipinski definition) is 5. The van der Waals surface area contributed by atoms with Gasteiger partial charge in [0.25, 0.3) is 5.91 Å². The average Bonchev–Trinajstić information content (AvgIpc) is 2.56. The molecule has 27 heavy (non-hydrogen) atoms. The Labute approximate surface area is 158 Å². The molecule has 1 heterocycles. The quantitative estimate of drug-likeness (QED) is 0.656. The number of ether oxygens (including phenoxy) is 1. The monoisotopic (exact) mass is 370 g/mol. The van der Waals surface area contributed by atoms with Crippen LogP contribution in [0.2, 0.25) is 0 Å². The van der Waals surface area contributed by atoms with Crippen molar-refractivity contribution in [2.24, 2.45) is 16.4 Å². The molecule has 0 spiro atoms. The van der Waals surface area contributed by atoms with Crippen molar-refractivity contribution >= 4 is 22.6 Å². The van der Waals surface area contributed by atoms with Crippen LogP contribution in [0.15, 0.2) is 38.6 Å². The number of benzene rings is 1. The standard InChI is InChI=1S/C21H26N2O4/c1-13-7-15(11-21(3,4)10-13)22-23-19(24)12-26-16-5-6-17-14(2)8-20(25)27-18(17)9-16/h5-6,8-9,13H,7,10-12H2,1-4H3,(H,23,24)/b22-15-/t13-/m1/s1. The van der Waals surface area contributed by atoms with Crippen molar-refractivity contribution in [2.45, 2.75) is 47.0 Å². The second-order valence-electron chi connectivity index (χ2n) is 8.26. The minimum atomic E-state index is -0.407. The minimum Gasteiger partial charge on any atom is -0.484 e. The molecule has 3 rings (SSSR count). The van der Waals surface area contributed by atoms with Crippen LogP contribution in [0.5, 0.6) is 5.75 Å². The zero-order valence-corrected chi connectivity index (χ0v) is 16.3. The van der Waals surface area contributed by atoms with Gasteiger partial charge in [0, 0.05) is 23.2 Å². The highest BCUT2D eigenvalue weighted by Gasteiger charge is 2.29. The number of hydrogen-bond donors (Lipinski definition) is 1. The predicted molar refractivity (Wildman–Crippen MR) is 105 cm³/mol. The fourth-order valence-electron chi connectivity index (χ4n) is 3.92. The maximum atomic E-state index is 12.1. The lowest BCUT2D eigenvalue weighted by atomic mass is 9.72. The Hall–Kier alpha value is -2.63. The summed E-state index contributed by atoms with van der Waals surface area (Å²) in [6.07, 6.45) is 2.97. The van der Waals surface area contributed by atoms with E-state index in [1.165, 1.54) is 12.5 Å². The Kier molecular flexibility index (Phi) is 5.35. The summed E-state index contributed by atoms with van der Waals surface area (Å²) in [5, 5.41) is 5.13. The number of hydrazone groups is 1. The molecular weight excluding hydrogens is 344 g/mol. The van der Waals surface area contributed by atoms with Gasteiger partial charge in [0.15, 0.2) is 6.61 Å². The van der Waals surface area contributed by atoms with Gasteiger partial charge in [0.1, 0.15) is 11.3 Å². The molecule has 1 atom stereocenters. The third-order valence-corrected chi connectivity index (χ3v) is 4.80. The van der Waals surface area contributed by atoms with Crippen LogP contribution in [-0.4, -0.2) is 18.2 Å². The lowest BCUT2D eigenvalue weighted by Gasteiger charge is -2.34. The molecule has 1 aliphatic carbocycles. The molecule has 1 aromatic carbocycles. The van der Waals surface area contributed by atoms with Crippen molar-refractivity contribution in [1.82, 2.24) is 5.43 Å². The third-order valence-electron chi connectivity index (χ3n) is 4.80. The van der Waals surface area contributed by atoms with Crippen molar-refractivity contribution in [3.05, 3.63) is 40.2 Å². The van der Waals surface area contributed by atoms with Gasteiger partial charge in [-0.1, -0.05) is 20.8 Å². The molecule has 1 saturated carbocycles. The van der Waals surface area contributed by atoms with Crippen molar-refractivity contribution < 1.29 is 13.9 Å². The van der Waals surface area contributed by atoms with Crippen molar-refractivity contribution in [1.29, 1.82) is 0 Å². The molecule has 1 amide bonds. The van der Waals surface area contributed by atoms with E-state index in [1.54, 1.807) is 12.1 Å². The van der Waals surface area contributed by atoms with Crippen molar-refractivity contribution in [3.63, 3.8) is 0 Å². The van der Waals surface area contributed by atoms with Gasteiger partial charge in [-0.25, -0.2) is 10.2 Å². The van der Waals surface area contributed by atoms with E-state index >= 15 is 0 Å². The first-order valence-electron chi connectivity index (χ1n) is 9.23. The Bertz CT molecular complexity index is 943.